The van der Waals surface area contributed by atoms with Crippen LogP contribution in [0, 0.1) is 0 Å². The molecule has 7 nitrogen and oxygen atoms in total. The van der Waals surface area contributed by atoms with Gasteiger partial charge in [0.1, 0.15) is 5.69 Å². The molecule has 0 N–H and O–H groups in total. The molecule has 11 heteroatoms. The molecule has 2 aliphatic heterocycles. The monoisotopic (exact) mass is 392 g/mol. The average molecular weight is 392 g/mol. The van der Waals surface area contributed by atoms with Gasteiger partial charge in [-0.2, -0.15) is 30.2 Å². The van der Waals surface area contributed by atoms with E-state index in [4.69, 9.17) is 0 Å². The highest BCUT2D eigenvalue weighted by molar-refractivity contribution is 7.86. The summed E-state index contributed by atoms with van der Waals surface area (Å²) >= 11 is 0. The standard InChI is InChI=1S/C15H19F3N4O3S/c16-15(17,18)13-4-3-12(11-19-13)14(23)20-7-9-22(10-8-20)26(24,25)21-5-1-2-6-21/h3-4,11H,1-2,5-10H2. The topological polar surface area (TPSA) is 73.8 Å². The zero-order valence-corrected chi connectivity index (χ0v) is 14.8. The van der Waals surface area contributed by atoms with Crippen molar-refractivity contribution in [3.05, 3.63) is 29.6 Å². The minimum Gasteiger partial charge on any atom is -0.336 e. The molecule has 2 aliphatic rings. The van der Waals surface area contributed by atoms with Crippen LogP contribution >= 0.6 is 0 Å². The predicted molar refractivity (Wildman–Crippen MR) is 86.4 cm³/mol. The normalized spacial score (nSPS) is 20.5. The number of carbonyl (C=O) groups excluding carboxylic acids is 1. The molecule has 1 aromatic rings. The van der Waals surface area contributed by atoms with Gasteiger partial charge >= 0.3 is 6.18 Å². The molecular formula is C15H19F3N4O3S. The zero-order chi connectivity index (χ0) is 18.9. The number of hydrogen-bond donors (Lipinski definition) is 0. The van der Waals surface area contributed by atoms with Crippen LogP contribution < -0.4 is 0 Å². The van der Waals surface area contributed by atoms with Crippen LogP contribution in [0.25, 0.3) is 0 Å². The Morgan fingerprint density at radius 1 is 0.962 bits per heavy atom. The highest BCUT2D eigenvalue weighted by Crippen LogP contribution is 2.27. The van der Waals surface area contributed by atoms with E-state index in [1.54, 1.807) is 0 Å². The molecule has 2 fully saturated rings. The van der Waals surface area contributed by atoms with Gasteiger partial charge in [-0.05, 0) is 25.0 Å². The SMILES string of the molecule is O=C(c1ccc(C(F)(F)F)nc1)N1CCN(S(=O)(=O)N2CCCC2)CC1. The number of alkyl halides is 3. The lowest BCUT2D eigenvalue weighted by molar-refractivity contribution is -0.141. The molecule has 0 saturated carbocycles. The predicted octanol–water partition coefficient (Wildman–Crippen LogP) is 1.20. The van der Waals surface area contributed by atoms with E-state index >= 15 is 0 Å². The van der Waals surface area contributed by atoms with Crippen LogP contribution in [-0.4, -0.2) is 72.1 Å². The van der Waals surface area contributed by atoms with Crippen molar-refractivity contribution in [2.45, 2.75) is 19.0 Å². The second-order valence-electron chi connectivity index (χ2n) is 6.24. The van der Waals surface area contributed by atoms with E-state index < -0.39 is 28.0 Å². The zero-order valence-electron chi connectivity index (χ0n) is 13.9. The van der Waals surface area contributed by atoms with Crippen LogP contribution in [0.5, 0.6) is 0 Å². The minimum atomic E-state index is -4.56. The summed E-state index contributed by atoms with van der Waals surface area (Å²) in [6.07, 6.45) is -1.97. The molecule has 2 saturated heterocycles. The molecular weight excluding hydrogens is 373 g/mol. The summed E-state index contributed by atoms with van der Waals surface area (Å²) in [5, 5.41) is 0. The minimum absolute atomic E-state index is 0.0499. The number of piperazine rings is 1. The van der Waals surface area contributed by atoms with Gasteiger partial charge in [0.2, 0.25) is 0 Å². The van der Waals surface area contributed by atoms with Gasteiger partial charge in [-0.1, -0.05) is 0 Å². The summed E-state index contributed by atoms with van der Waals surface area (Å²) in [5.41, 5.74) is -1.01. The van der Waals surface area contributed by atoms with Gasteiger partial charge in [0, 0.05) is 45.5 Å². The molecule has 0 spiro atoms. The van der Waals surface area contributed by atoms with Crippen LogP contribution in [0.2, 0.25) is 0 Å². The Kier molecular flexibility index (Phi) is 5.22. The molecule has 1 aromatic heterocycles. The molecule has 0 aliphatic carbocycles. The van der Waals surface area contributed by atoms with E-state index in [9.17, 15) is 26.4 Å². The lowest BCUT2D eigenvalue weighted by atomic mass is 10.2. The van der Waals surface area contributed by atoms with Gasteiger partial charge in [0.25, 0.3) is 16.1 Å². The Balaban J connectivity index is 1.61. The van der Waals surface area contributed by atoms with Crippen molar-refractivity contribution in [1.82, 2.24) is 18.5 Å². The lowest BCUT2D eigenvalue weighted by Gasteiger charge is -2.35. The van der Waals surface area contributed by atoms with Crippen molar-refractivity contribution in [2.75, 3.05) is 39.3 Å². The maximum Gasteiger partial charge on any atom is 0.433 e. The number of rotatable bonds is 3. The Labute approximate surface area is 149 Å². The highest BCUT2D eigenvalue weighted by Gasteiger charge is 2.35. The maximum absolute atomic E-state index is 12.5. The van der Waals surface area contributed by atoms with Crippen LogP contribution in [-0.2, 0) is 16.4 Å². The number of halogens is 3. The van der Waals surface area contributed by atoms with Crippen molar-refractivity contribution in [2.24, 2.45) is 0 Å². The fraction of sp³-hybridized carbons (Fsp3) is 0.600. The second-order valence-corrected chi connectivity index (χ2v) is 8.16. The molecule has 144 valence electrons. The quantitative estimate of drug-likeness (QED) is 0.775. The van der Waals surface area contributed by atoms with E-state index in [0.717, 1.165) is 31.2 Å². The molecule has 0 bridgehead atoms. The summed E-state index contributed by atoms with van der Waals surface area (Å²) in [7, 11) is -3.51. The van der Waals surface area contributed by atoms with Crippen molar-refractivity contribution < 1.29 is 26.4 Å². The Bertz CT molecular complexity index is 753. The second kappa shape index (κ2) is 7.12. The van der Waals surface area contributed by atoms with Crippen LogP contribution in [0.4, 0.5) is 13.2 Å². The summed E-state index contributed by atoms with van der Waals surface area (Å²) in [4.78, 5) is 17.1. The first-order valence-corrected chi connectivity index (χ1v) is 9.67. The molecule has 0 atom stereocenters. The van der Waals surface area contributed by atoms with Gasteiger partial charge < -0.3 is 4.90 Å². The summed E-state index contributed by atoms with van der Waals surface area (Å²) < 4.78 is 65.4. The van der Waals surface area contributed by atoms with E-state index in [2.05, 4.69) is 4.98 Å². The fourth-order valence-electron chi connectivity index (χ4n) is 3.07. The average Bonchev–Trinajstić information content (AvgIpc) is 3.16. The molecule has 0 unspecified atom stereocenters. The van der Waals surface area contributed by atoms with Gasteiger partial charge in [-0.15, -0.1) is 0 Å². The number of pyridine rings is 1. The summed E-state index contributed by atoms with van der Waals surface area (Å²) in [6.45, 7) is 1.73. The van der Waals surface area contributed by atoms with E-state index in [-0.39, 0.29) is 31.7 Å². The number of carbonyl (C=O) groups is 1. The number of nitrogens with zero attached hydrogens (tertiary/aromatic N) is 4. The van der Waals surface area contributed by atoms with E-state index in [1.165, 1.54) is 13.5 Å². The third kappa shape index (κ3) is 3.84. The molecule has 3 rings (SSSR count). The van der Waals surface area contributed by atoms with Crippen LogP contribution in [0.3, 0.4) is 0 Å². The van der Waals surface area contributed by atoms with E-state index in [1.807, 2.05) is 0 Å². The summed E-state index contributed by atoms with van der Waals surface area (Å²) in [6, 6.07) is 1.85. The molecule has 3 heterocycles. The molecule has 26 heavy (non-hydrogen) atoms. The Morgan fingerprint density at radius 2 is 1.54 bits per heavy atom. The van der Waals surface area contributed by atoms with Gasteiger partial charge in [-0.3, -0.25) is 9.78 Å². The molecule has 0 aromatic carbocycles. The van der Waals surface area contributed by atoms with Crippen molar-refractivity contribution in [1.29, 1.82) is 0 Å². The third-order valence-corrected chi connectivity index (χ3v) is 6.58. The number of aromatic nitrogens is 1. The number of amides is 1. The largest absolute Gasteiger partial charge is 0.433 e. The summed E-state index contributed by atoms with van der Waals surface area (Å²) in [5.74, 6) is -0.454. The lowest BCUT2D eigenvalue weighted by Crippen LogP contribution is -2.53. The first-order valence-electron chi connectivity index (χ1n) is 8.27. The van der Waals surface area contributed by atoms with Gasteiger partial charge in [-0.25, -0.2) is 0 Å². The van der Waals surface area contributed by atoms with Crippen LogP contribution in [0.15, 0.2) is 18.3 Å². The molecule has 1 amide bonds. The Morgan fingerprint density at radius 3 is 2.04 bits per heavy atom. The van der Waals surface area contributed by atoms with E-state index in [0.29, 0.717) is 13.1 Å². The van der Waals surface area contributed by atoms with Gasteiger partial charge in [0.05, 0.1) is 5.56 Å². The number of hydrogen-bond acceptors (Lipinski definition) is 4. The Hall–Kier alpha value is -1.72. The highest BCUT2D eigenvalue weighted by atomic mass is 32.2. The first-order chi connectivity index (χ1) is 12.2. The first kappa shape index (κ1) is 19.1. The van der Waals surface area contributed by atoms with Gasteiger partial charge in [0.15, 0.2) is 0 Å². The third-order valence-electron chi connectivity index (χ3n) is 4.54. The maximum atomic E-state index is 12.5. The van der Waals surface area contributed by atoms with Crippen molar-refractivity contribution in [3.63, 3.8) is 0 Å². The smallest absolute Gasteiger partial charge is 0.336 e. The molecule has 0 radical (unpaired) electrons. The van der Waals surface area contributed by atoms with Crippen molar-refractivity contribution >= 4 is 16.1 Å². The van der Waals surface area contributed by atoms with Crippen molar-refractivity contribution in [3.8, 4) is 0 Å². The van der Waals surface area contributed by atoms with Crippen LogP contribution in [0.1, 0.15) is 28.9 Å². The fourth-order valence-corrected chi connectivity index (χ4v) is 4.75.